The third-order valence-electron chi connectivity index (χ3n) is 3.41. The molecule has 2 N–H and O–H groups in total. The molecule has 0 bridgehead atoms. The number of hydrogen-bond acceptors (Lipinski definition) is 4. The van der Waals surface area contributed by atoms with E-state index < -0.39 is 6.10 Å². The molecule has 2 rings (SSSR count). The second kappa shape index (κ2) is 8.54. The Hall–Kier alpha value is -1.88. The lowest BCUT2D eigenvalue weighted by molar-refractivity contribution is 0.0711. The fourth-order valence-electron chi connectivity index (χ4n) is 2.24. The van der Waals surface area contributed by atoms with Gasteiger partial charge in [-0.1, -0.05) is 42.5 Å². The Morgan fingerprint density at radius 2 is 1.64 bits per heavy atom. The average Bonchev–Trinajstić information content (AvgIpc) is 2.54. The van der Waals surface area contributed by atoms with E-state index in [-0.39, 0.29) is 13.2 Å². The highest BCUT2D eigenvalue weighted by atomic mass is 16.5. The lowest BCUT2D eigenvalue weighted by Crippen LogP contribution is -2.34. The molecule has 0 aliphatic rings. The van der Waals surface area contributed by atoms with Crippen molar-refractivity contribution in [1.82, 2.24) is 4.90 Å². The van der Waals surface area contributed by atoms with Gasteiger partial charge in [-0.05, 0) is 30.3 Å². The van der Waals surface area contributed by atoms with E-state index in [9.17, 15) is 5.11 Å². The first kappa shape index (κ1) is 16.5. The van der Waals surface area contributed by atoms with Crippen molar-refractivity contribution in [2.24, 2.45) is 0 Å². The van der Waals surface area contributed by atoms with Crippen LogP contribution in [-0.2, 0) is 0 Å². The number of nitrogens with zero attached hydrogens (tertiary/aromatic N) is 1. The van der Waals surface area contributed by atoms with Crippen molar-refractivity contribution in [3.8, 4) is 16.9 Å². The zero-order chi connectivity index (χ0) is 15.8. The minimum atomic E-state index is -0.578. The van der Waals surface area contributed by atoms with E-state index in [4.69, 9.17) is 9.84 Å². The largest absolute Gasteiger partial charge is 0.491 e. The summed E-state index contributed by atoms with van der Waals surface area (Å²) in [5.41, 5.74) is 2.30. The molecule has 0 radical (unpaired) electrons. The van der Waals surface area contributed by atoms with Gasteiger partial charge in [0.25, 0.3) is 0 Å². The highest BCUT2D eigenvalue weighted by Crippen LogP contribution is 2.22. The average molecular weight is 301 g/mol. The van der Waals surface area contributed by atoms with Crippen LogP contribution in [-0.4, -0.2) is 54.6 Å². The van der Waals surface area contributed by atoms with Gasteiger partial charge in [-0.25, -0.2) is 0 Å². The second-order valence-electron chi connectivity index (χ2n) is 5.34. The third kappa shape index (κ3) is 5.15. The summed E-state index contributed by atoms with van der Waals surface area (Å²) < 4.78 is 5.60. The molecule has 4 heteroatoms. The minimum absolute atomic E-state index is 0.0883. The molecule has 1 atom stereocenters. The van der Waals surface area contributed by atoms with Crippen LogP contribution in [0.2, 0.25) is 0 Å². The molecule has 118 valence electrons. The number of ether oxygens (including phenoxy) is 1. The van der Waals surface area contributed by atoms with E-state index >= 15 is 0 Å². The zero-order valence-electron chi connectivity index (χ0n) is 12.9. The summed E-state index contributed by atoms with van der Waals surface area (Å²) in [7, 11) is 1.86. The van der Waals surface area contributed by atoms with Crippen LogP contribution in [0.25, 0.3) is 11.1 Å². The summed E-state index contributed by atoms with van der Waals surface area (Å²) in [5.74, 6) is 0.739. The SMILES string of the molecule is CN(CCO)CC(O)COc1ccc(-c2ccccc2)cc1. The maximum atomic E-state index is 9.89. The summed E-state index contributed by atoms with van der Waals surface area (Å²) in [6.45, 7) is 1.34. The van der Waals surface area contributed by atoms with E-state index in [1.807, 2.05) is 54.4 Å². The Bertz CT molecular complexity index is 542. The van der Waals surface area contributed by atoms with Gasteiger partial charge < -0.3 is 19.8 Å². The van der Waals surface area contributed by atoms with Crippen LogP contribution in [0, 0.1) is 0 Å². The van der Waals surface area contributed by atoms with Crippen molar-refractivity contribution in [3.63, 3.8) is 0 Å². The van der Waals surface area contributed by atoms with E-state index in [0.29, 0.717) is 13.1 Å². The fraction of sp³-hybridized carbons (Fsp3) is 0.333. The van der Waals surface area contributed by atoms with Gasteiger partial charge in [0, 0.05) is 13.1 Å². The van der Waals surface area contributed by atoms with Crippen LogP contribution in [0.1, 0.15) is 0 Å². The molecule has 2 aromatic rings. The monoisotopic (exact) mass is 301 g/mol. The van der Waals surface area contributed by atoms with Crippen LogP contribution in [0.3, 0.4) is 0 Å². The van der Waals surface area contributed by atoms with Crippen molar-refractivity contribution in [3.05, 3.63) is 54.6 Å². The van der Waals surface area contributed by atoms with Crippen molar-refractivity contribution >= 4 is 0 Å². The Balaban J connectivity index is 1.84. The first-order valence-electron chi connectivity index (χ1n) is 7.45. The first-order valence-corrected chi connectivity index (χ1v) is 7.45. The normalized spacial score (nSPS) is 12.4. The lowest BCUT2D eigenvalue weighted by atomic mass is 10.1. The summed E-state index contributed by atoms with van der Waals surface area (Å²) in [6.07, 6.45) is -0.578. The minimum Gasteiger partial charge on any atom is -0.491 e. The number of aliphatic hydroxyl groups is 2. The second-order valence-corrected chi connectivity index (χ2v) is 5.34. The van der Waals surface area contributed by atoms with Gasteiger partial charge >= 0.3 is 0 Å². The van der Waals surface area contributed by atoms with Gasteiger partial charge in [0.2, 0.25) is 0 Å². The lowest BCUT2D eigenvalue weighted by Gasteiger charge is -2.19. The number of benzene rings is 2. The van der Waals surface area contributed by atoms with Crippen molar-refractivity contribution in [1.29, 1.82) is 0 Å². The topological polar surface area (TPSA) is 52.9 Å². The fourth-order valence-corrected chi connectivity index (χ4v) is 2.24. The highest BCUT2D eigenvalue weighted by molar-refractivity contribution is 5.63. The van der Waals surface area contributed by atoms with Crippen LogP contribution < -0.4 is 4.74 Å². The van der Waals surface area contributed by atoms with Crippen molar-refractivity contribution in [2.45, 2.75) is 6.10 Å². The Labute approximate surface area is 131 Å². The quantitative estimate of drug-likeness (QED) is 0.783. The van der Waals surface area contributed by atoms with Crippen LogP contribution in [0.5, 0.6) is 5.75 Å². The number of likely N-dealkylation sites (N-methyl/N-ethyl adjacent to an activating group) is 1. The third-order valence-corrected chi connectivity index (χ3v) is 3.41. The van der Waals surface area contributed by atoms with Gasteiger partial charge in [0.1, 0.15) is 18.5 Å². The Morgan fingerprint density at radius 3 is 2.27 bits per heavy atom. The Morgan fingerprint density at radius 1 is 1.00 bits per heavy atom. The molecule has 0 heterocycles. The molecule has 0 saturated carbocycles. The predicted molar refractivity (Wildman–Crippen MR) is 88.0 cm³/mol. The number of aliphatic hydroxyl groups excluding tert-OH is 2. The molecule has 4 nitrogen and oxygen atoms in total. The molecule has 0 aromatic heterocycles. The molecular weight excluding hydrogens is 278 g/mol. The highest BCUT2D eigenvalue weighted by Gasteiger charge is 2.09. The molecule has 0 saturated heterocycles. The summed E-state index contributed by atoms with van der Waals surface area (Å²) in [4.78, 5) is 1.87. The zero-order valence-corrected chi connectivity index (χ0v) is 12.9. The number of rotatable bonds is 8. The number of hydrogen-bond donors (Lipinski definition) is 2. The molecule has 0 aliphatic heterocycles. The molecule has 0 amide bonds. The van der Waals surface area contributed by atoms with Crippen LogP contribution in [0.4, 0.5) is 0 Å². The van der Waals surface area contributed by atoms with E-state index in [1.165, 1.54) is 5.56 Å². The molecule has 0 aliphatic carbocycles. The van der Waals surface area contributed by atoms with E-state index in [1.54, 1.807) is 0 Å². The van der Waals surface area contributed by atoms with E-state index in [0.717, 1.165) is 11.3 Å². The van der Waals surface area contributed by atoms with Gasteiger partial charge in [-0.3, -0.25) is 0 Å². The standard InChI is InChI=1S/C18H23NO3/c1-19(11-12-20)13-17(21)14-22-18-9-7-16(8-10-18)15-5-3-2-4-6-15/h2-10,17,20-21H,11-14H2,1H3. The molecule has 1 unspecified atom stereocenters. The smallest absolute Gasteiger partial charge is 0.119 e. The maximum absolute atomic E-state index is 9.89. The van der Waals surface area contributed by atoms with Gasteiger partial charge in [-0.15, -0.1) is 0 Å². The predicted octanol–water partition coefficient (Wildman–Crippen LogP) is 2.02. The van der Waals surface area contributed by atoms with Crippen LogP contribution >= 0.6 is 0 Å². The molecule has 0 spiro atoms. The molecule has 2 aromatic carbocycles. The Kier molecular flexibility index (Phi) is 6.40. The van der Waals surface area contributed by atoms with Gasteiger partial charge in [0.15, 0.2) is 0 Å². The maximum Gasteiger partial charge on any atom is 0.119 e. The molecule has 0 fully saturated rings. The molecular formula is C18H23NO3. The summed E-state index contributed by atoms with van der Waals surface area (Å²) in [6, 6.07) is 18.0. The summed E-state index contributed by atoms with van der Waals surface area (Å²) >= 11 is 0. The van der Waals surface area contributed by atoms with E-state index in [2.05, 4.69) is 12.1 Å². The van der Waals surface area contributed by atoms with Crippen molar-refractivity contribution in [2.75, 3.05) is 33.4 Å². The van der Waals surface area contributed by atoms with Crippen molar-refractivity contribution < 1.29 is 14.9 Å². The van der Waals surface area contributed by atoms with Gasteiger partial charge in [-0.2, -0.15) is 0 Å². The first-order chi connectivity index (χ1) is 10.7. The van der Waals surface area contributed by atoms with Gasteiger partial charge in [0.05, 0.1) is 6.61 Å². The summed E-state index contributed by atoms with van der Waals surface area (Å²) in [5, 5.41) is 18.7. The van der Waals surface area contributed by atoms with Crippen LogP contribution in [0.15, 0.2) is 54.6 Å². The molecule has 22 heavy (non-hydrogen) atoms.